The summed E-state index contributed by atoms with van der Waals surface area (Å²) < 4.78 is 0. The van der Waals surface area contributed by atoms with Gasteiger partial charge in [-0.1, -0.05) is 55.8 Å². The largest absolute Gasteiger partial charge is 0.508 e. The summed E-state index contributed by atoms with van der Waals surface area (Å²) in [7, 11) is 0. The third-order valence-electron chi connectivity index (χ3n) is 3.14. The van der Waals surface area contributed by atoms with Crippen LogP contribution in [0.15, 0.2) is 78.9 Å². The SMILES string of the molecule is CCCc1c(O)cccc1O.Oc1ccccc1.Oc1ccccc1. The van der Waals surface area contributed by atoms with Crippen molar-refractivity contribution in [1.82, 2.24) is 0 Å². The highest BCUT2D eigenvalue weighted by atomic mass is 16.3. The van der Waals surface area contributed by atoms with Crippen molar-refractivity contribution in [2.24, 2.45) is 0 Å². The van der Waals surface area contributed by atoms with Crippen molar-refractivity contribution >= 4 is 0 Å². The summed E-state index contributed by atoms with van der Waals surface area (Å²) in [5, 5.41) is 35.8. The number of phenolic OH excluding ortho intramolecular Hbond substituents is 4. The molecule has 0 radical (unpaired) electrons. The summed E-state index contributed by atoms with van der Waals surface area (Å²) in [6.45, 7) is 2.01. The van der Waals surface area contributed by atoms with Gasteiger partial charge in [0.2, 0.25) is 0 Å². The van der Waals surface area contributed by atoms with Crippen LogP contribution in [-0.2, 0) is 6.42 Å². The van der Waals surface area contributed by atoms with Gasteiger partial charge in [-0.3, -0.25) is 0 Å². The Labute approximate surface area is 148 Å². The first-order valence-corrected chi connectivity index (χ1v) is 8.02. The van der Waals surface area contributed by atoms with Gasteiger partial charge >= 0.3 is 0 Å². The molecule has 0 fully saturated rings. The van der Waals surface area contributed by atoms with E-state index in [0.29, 0.717) is 17.1 Å². The van der Waals surface area contributed by atoms with Gasteiger partial charge in [0.25, 0.3) is 0 Å². The van der Waals surface area contributed by atoms with Gasteiger partial charge < -0.3 is 20.4 Å². The van der Waals surface area contributed by atoms with Gasteiger partial charge in [0, 0.05) is 5.56 Å². The second kappa shape index (κ2) is 11.4. The smallest absolute Gasteiger partial charge is 0.122 e. The van der Waals surface area contributed by atoms with Crippen LogP contribution >= 0.6 is 0 Å². The molecular weight excluding hydrogens is 316 g/mol. The Morgan fingerprint density at radius 2 is 0.960 bits per heavy atom. The number of benzene rings is 3. The molecule has 4 N–H and O–H groups in total. The first-order valence-electron chi connectivity index (χ1n) is 8.02. The molecule has 0 aliphatic rings. The number of hydrogen-bond donors (Lipinski definition) is 4. The molecule has 132 valence electrons. The van der Waals surface area contributed by atoms with Gasteiger partial charge in [-0.05, 0) is 42.8 Å². The standard InChI is InChI=1S/C9H12O2.2C6H6O/c1-2-4-7-8(10)5-3-6-9(7)11;2*7-6-4-2-1-3-5-6/h3,5-6,10-11H,2,4H2,1H3;2*1-5,7H. The molecule has 3 aromatic rings. The van der Waals surface area contributed by atoms with Crippen LogP contribution in [-0.4, -0.2) is 20.4 Å². The fourth-order valence-corrected chi connectivity index (χ4v) is 1.92. The van der Waals surface area contributed by atoms with Crippen LogP contribution in [0.25, 0.3) is 0 Å². The Morgan fingerprint density at radius 1 is 0.560 bits per heavy atom. The highest BCUT2D eigenvalue weighted by Gasteiger charge is 2.03. The average molecular weight is 340 g/mol. The molecule has 0 heterocycles. The summed E-state index contributed by atoms with van der Waals surface area (Å²) in [5.41, 5.74) is 0.648. The molecule has 0 aromatic heterocycles. The molecule has 0 saturated heterocycles. The highest BCUT2D eigenvalue weighted by Crippen LogP contribution is 2.27. The lowest BCUT2D eigenvalue weighted by Crippen LogP contribution is -1.84. The van der Waals surface area contributed by atoms with Crippen molar-refractivity contribution in [3.63, 3.8) is 0 Å². The van der Waals surface area contributed by atoms with E-state index in [1.54, 1.807) is 66.7 Å². The Morgan fingerprint density at radius 3 is 1.24 bits per heavy atom. The van der Waals surface area contributed by atoms with E-state index in [0.717, 1.165) is 12.8 Å². The molecule has 3 aromatic carbocycles. The van der Waals surface area contributed by atoms with Crippen molar-refractivity contribution in [2.75, 3.05) is 0 Å². The highest BCUT2D eigenvalue weighted by molar-refractivity contribution is 5.42. The summed E-state index contributed by atoms with van der Waals surface area (Å²) >= 11 is 0. The van der Waals surface area contributed by atoms with Crippen LogP contribution in [0.1, 0.15) is 18.9 Å². The first kappa shape index (κ1) is 19.9. The Balaban J connectivity index is 0.000000195. The molecule has 3 rings (SSSR count). The summed E-state index contributed by atoms with van der Waals surface area (Å²) in [6, 6.07) is 22.2. The molecule has 0 unspecified atom stereocenters. The number of aromatic hydroxyl groups is 4. The molecule has 0 atom stereocenters. The predicted molar refractivity (Wildman–Crippen MR) is 100.0 cm³/mol. The topological polar surface area (TPSA) is 80.9 Å². The number of para-hydroxylation sites is 2. The van der Waals surface area contributed by atoms with E-state index in [2.05, 4.69) is 0 Å². The Hall–Kier alpha value is -3.14. The molecular formula is C21H24O4. The molecule has 0 aliphatic heterocycles. The van der Waals surface area contributed by atoms with Crippen LogP contribution in [0.5, 0.6) is 23.0 Å². The van der Waals surface area contributed by atoms with Gasteiger partial charge in [0.15, 0.2) is 0 Å². The van der Waals surface area contributed by atoms with Gasteiger partial charge in [0.1, 0.15) is 23.0 Å². The van der Waals surface area contributed by atoms with E-state index in [1.165, 1.54) is 0 Å². The lowest BCUT2D eigenvalue weighted by Gasteiger charge is -2.03. The van der Waals surface area contributed by atoms with Crippen LogP contribution < -0.4 is 0 Å². The van der Waals surface area contributed by atoms with Crippen LogP contribution in [0.4, 0.5) is 0 Å². The molecule has 0 bridgehead atoms. The molecule has 0 aliphatic carbocycles. The van der Waals surface area contributed by atoms with Crippen LogP contribution in [0.3, 0.4) is 0 Å². The fraction of sp³-hybridized carbons (Fsp3) is 0.143. The quantitative estimate of drug-likeness (QED) is 0.538. The second-order valence-corrected chi connectivity index (χ2v) is 5.20. The number of phenols is 4. The molecule has 4 heteroatoms. The maximum atomic E-state index is 9.26. The number of hydrogen-bond acceptors (Lipinski definition) is 4. The number of rotatable bonds is 2. The second-order valence-electron chi connectivity index (χ2n) is 5.20. The molecule has 0 amide bonds. The van der Waals surface area contributed by atoms with Crippen molar-refractivity contribution in [3.8, 4) is 23.0 Å². The molecule has 0 saturated carbocycles. The van der Waals surface area contributed by atoms with Crippen molar-refractivity contribution in [3.05, 3.63) is 84.4 Å². The van der Waals surface area contributed by atoms with E-state index >= 15 is 0 Å². The van der Waals surface area contributed by atoms with E-state index < -0.39 is 0 Å². The van der Waals surface area contributed by atoms with E-state index in [-0.39, 0.29) is 11.5 Å². The van der Waals surface area contributed by atoms with E-state index in [4.69, 9.17) is 10.2 Å². The van der Waals surface area contributed by atoms with Crippen LogP contribution in [0.2, 0.25) is 0 Å². The molecule has 4 nitrogen and oxygen atoms in total. The third kappa shape index (κ3) is 8.32. The summed E-state index contributed by atoms with van der Waals surface area (Å²) in [5.74, 6) is 1.02. The lowest BCUT2D eigenvalue weighted by molar-refractivity contribution is 0.437. The predicted octanol–water partition coefficient (Wildman–Crippen LogP) is 4.83. The minimum absolute atomic E-state index is 0.187. The lowest BCUT2D eigenvalue weighted by atomic mass is 10.1. The molecule has 0 spiro atoms. The minimum Gasteiger partial charge on any atom is -0.508 e. The zero-order valence-electron chi connectivity index (χ0n) is 14.2. The zero-order valence-corrected chi connectivity index (χ0v) is 14.2. The van der Waals surface area contributed by atoms with Gasteiger partial charge in [0.05, 0.1) is 0 Å². The Kier molecular flexibility index (Phi) is 9.08. The summed E-state index contributed by atoms with van der Waals surface area (Å²) in [6.07, 6.45) is 1.64. The van der Waals surface area contributed by atoms with Crippen molar-refractivity contribution < 1.29 is 20.4 Å². The normalized spacial score (nSPS) is 9.16. The van der Waals surface area contributed by atoms with Crippen LogP contribution in [0, 0.1) is 0 Å². The van der Waals surface area contributed by atoms with Gasteiger partial charge in [-0.2, -0.15) is 0 Å². The van der Waals surface area contributed by atoms with E-state index in [9.17, 15) is 10.2 Å². The third-order valence-corrected chi connectivity index (χ3v) is 3.14. The molecule has 25 heavy (non-hydrogen) atoms. The maximum absolute atomic E-state index is 9.26. The average Bonchev–Trinajstić information content (AvgIpc) is 2.61. The monoisotopic (exact) mass is 340 g/mol. The first-order chi connectivity index (χ1) is 12.0. The van der Waals surface area contributed by atoms with Crippen molar-refractivity contribution in [1.29, 1.82) is 0 Å². The fourth-order valence-electron chi connectivity index (χ4n) is 1.92. The minimum atomic E-state index is 0.187. The maximum Gasteiger partial charge on any atom is 0.122 e. The summed E-state index contributed by atoms with van der Waals surface area (Å²) in [4.78, 5) is 0. The van der Waals surface area contributed by atoms with Gasteiger partial charge in [-0.15, -0.1) is 0 Å². The van der Waals surface area contributed by atoms with Crippen molar-refractivity contribution in [2.45, 2.75) is 19.8 Å². The van der Waals surface area contributed by atoms with E-state index in [1.807, 2.05) is 19.1 Å². The Bertz CT molecular complexity index is 655. The van der Waals surface area contributed by atoms with Gasteiger partial charge in [-0.25, -0.2) is 0 Å². The zero-order chi connectivity index (χ0) is 18.5.